The van der Waals surface area contributed by atoms with E-state index in [4.69, 9.17) is 14.2 Å². The Bertz CT molecular complexity index is 492. The SMILES string of the molecule is CCOC([CH-]C1=c2ccccc2=COC1)OCC.[Li+]. The van der Waals surface area contributed by atoms with E-state index in [0.29, 0.717) is 19.8 Å². The molecule has 1 aliphatic rings. The minimum absolute atomic E-state index is 0. The van der Waals surface area contributed by atoms with E-state index >= 15 is 0 Å². The molecular formula is C15H19LiO3. The molecule has 3 nitrogen and oxygen atoms in total. The van der Waals surface area contributed by atoms with E-state index in [2.05, 4.69) is 6.07 Å². The van der Waals surface area contributed by atoms with Crippen LogP contribution in [-0.2, 0) is 14.2 Å². The van der Waals surface area contributed by atoms with Crippen LogP contribution in [0.5, 0.6) is 0 Å². The molecule has 0 saturated carbocycles. The van der Waals surface area contributed by atoms with Gasteiger partial charge in [-0.05, 0) is 13.8 Å². The standard InChI is InChI=1S/C15H19O3.Li/c1-3-17-15(18-4-2)9-13-11-16-10-12-7-5-6-8-14(12)13;/h5-10,15H,3-4,11H2,1-2H3;/q-1;+1. The Kier molecular flexibility index (Phi) is 7.12. The van der Waals surface area contributed by atoms with E-state index in [-0.39, 0.29) is 25.2 Å². The first-order chi connectivity index (χ1) is 8.85. The number of hydrogen-bond acceptors (Lipinski definition) is 3. The minimum atomic E-state index is -0.301. The monoisotopic (exact) mass is 254 g/mol. The third-order valence-electron chi connectivity index (χ3n) is 2.76. The van der Waals surface area contributed by atoms with Crippen LogP contribution in [-0.4, -0.2) is 26.1 Å². The van der Waals surface area contributed by atoms with E-state index < -0.39 is 0 Å². The van der Waals surface area contributed by atoms with Gasteiger partial charge < -0.3 is 14.2 Å². The van der Waals surface area contributed by atoms with Crippen LogP contribution in [0.1, 0.15) is 13.8 Å². The van der Waals surface area contributed by atoms with Crippen molar-refractivity contribution >= 4 is 11.8 Å². The van der Waals surface area contributed by atoms with Gasteiger partial charge in [0.25, 0.3) is 0 Å². The first kappa shape index (κ1) is 16.2. The molecule has 0 unspecified atom stereocenters. The van der Waals surface area contributed by atoms with Crippen molar-refractivity contribution in [1.82, 2.24) is 0 Å². The zero-order valence-corrected chi connectivity index (χ0v) is 11.9. The van der Waals surface area contributed by atoms with Crippen molar-refractivity contribution in [2.45, 2.75) is 20.1 Å². The summed E-state index contributed by atoms with van der Waals surface area (Å²) in [7, 11) is 0. The molecule has 2 rings (SSSR count). The maximum absolute atomic E-state index is 5.54. The van der Waals surface area contributed by atoms with Gasteiger partial charge in [0.1, 0.15) is 6.29 Å². The second-order valence-electron chi connectivity index (χ2n) is 3.99. The molecule has 0 fully saturated rings. The van der Waals surface area contributed by atoms with Gasteiger partial charge in [0.2, 0.25) is 0 Å². The van der Waals surface area contributed by atoms with E-state index in [9.17, 15) is 0 Å². The van der Waals surface area contributed by atoms with Crippen LogP contribution in [0.25, 0.3) is 11.8 Å². The summed E-state index contributed by atoms with van der Waals surface area (Å²) >= 11 is 0. The van der Waals surface area contributed by atoms with Crippen LogP contribution >= 0.6 is 0 Å². The zero-order valence-electron chi connectivity index (χ0n) is 11.9. The fourth-order valence-corrected chi connectivity index (χ4v) is 1.97. The molecule has 1 aliphatic heterocycles. The quantitative estimate of drug-likeness (QED) is 0.341. The molecule has 1 aromatic carbocycles. The Hall–Kier alpha value is -0.853. The second kappa shape index (κ2) is 8.34. The van der Waals surface area contributed by atoms with E-state index in [1.165, 1.54) is 5.22 Å². The van der Waals surface area contributed by atoms with Gasteiger partial charge in [0.05, 0.1) is 12.9 Å². The summed E-state index contributed by atoms with van der Waals surface area (Å²) < 4.78 is 16.5. The van der Waals surface area contributed by atoms with Gasteiger partial charge in [-0.15, -0.1) is 6.07 Å². The molecule has 1 heterocycles. The number of fused-ring (bicyclic) bond motifs is 1. The first-order valence-electron chi connectivity index (χ1n) is 6.33. The largest absolute Gasteiger partial charge is 1.00 e. The van der Waals surface area contributed by atoms with E-state index in [1.54, 1.807) is 6.26 Å². The van der Waals surface area contributed by atoms with Gasteiger partial charge in [-0.1, -0.05) is 23.4 Å². The summed E-state index contributed by atoms with van der Waals surface area (Å²) in [5.74, 6) is 0. The summed E-state index contributed by atoms with van der Waals surface area (Å²) in [4.78, 5) is 0. The average molecular weight is 254 g/mol. The van der Waals surface area contributed by atoms with Crippen molar-refractivity contribution in [3.8, 4) is 0 Å². The maximum atomic E-state index is 5.54. The van der Waals surface area contributed by atoms with Gasteiger partial charge in [0, 0.05) is 13.2 Å². The molecule has 4 heteroatoms. The predicted molar refractivity (Wildman–Crippen MR) is 70.9 cm³/mol. The summed E-state index contributed by atoms with van der Waals surface area (Å²) in [5.41, 5.74) is 1.11. The van der Waals surface area contributed by atoms with Crippen molar-refractivity contribution < 1.29 is 33.1 Å². The molecule has 0 amide bonds. The van der Waals surface area contributed by atoms with Gasteiger partial charge in [0.15, 0.2) is 0 Å². The molecule has 0 radical (unpaired) electrons. The third-order valence-corrected chi connectivity index (χ3v) is 2.76. The summed E-state index contributed by atoms with van der Waals surface area (Å²) in [5, 5.41) is 2.29. The molecule has 0 saturated heterocycles. The Morgan fingerprint density at radius 1 is 1.21 bits per heavy atom. The zero-order chi connectivity index (χ0) is 12.8. The summed E-state index contributed by atoms with van der Waals surface area (Å²) in [6.07, 6.45) is 3.49. The van der Waals surface area contributed by atoms with Crippen LogP contribution in [0.4, 0.5) is 0 Å². The normalized spacial score (nSPS) is 13.1. The second-order valence-corrected chi connectivity index (χ2v) is 3.99. The molecule has 0 aliphatic carbocycles. The Morgan fingerprint density at radius 2 is 1.89 bits per heavy atom. The van der Waals surface area contributed by atoms with E-state index in [0.717, 1.165) is 10.8 Å². The molecular weight excluding hydrogens is 235 g/mol. The van der Waals surface area contributed by atoms with Crippen molar-refractivity contribution in [3.63, 3.8) is 0 Å². The number of benzene rings is 1. The Balaban J connectivity index is 0.00000180. The summed E-state index contributed by atoms with van der Waals surface area (Å²) in [6.45, 7) is 5.74. The van der Waals surface area contributed by atoms with Gasteiger partial charge >= 0.3 is 18.9 Å². The number of ether oxygens (including phenoxy) is 3. The van der Waals surface area contributed by atoms with Crippen molar-refractivity contribution in [3.05, 3.63) is 41.1 Å². The average Bonchev–Trinajstić information content (AvgIpc) is 2.40. The van der Waals surface area contributed by atoms with Crippen LogP contribution < -0.4 is 29.3 Å². The molecule has 0 N–H and O–H groups in total. The number of hydrogen-bond donors (Lipinski definition) is 0. The third kappa shape index (κ3) is 4.33. The number of rotatable bonds is 6. The van der Waals surface area contributed by atoms with Gasteiger partial charge in [-0.3, -0.25) is 0 Å². The summed E-state index contributed by atoms with van der Waals surface area (Å²) in [6, 6.07) is 8.17. The Morgan fingerprint density at radius 3 is 2.58 bits per heavy atom. The fraction of sp³-hybridized carbons (Fsp3) is 0.400. The minimum Gasteiger partial charge on any atom is -0.501 e. The molecule has 0 bridgehead atoms. The maximum Gasteiger partial charge on any atom is 1.00 e. The van der Waals surface area contributed by atoms with E-state index in [1.807, 2.05) is 38.5 Å². The van der Waals surface area contributed by atoms with Crippen LogP contribution in [0.15, 0.2) is 24.3 Å². The van der Waals surface area contributed by atoms with Crippen molar-refractivity contribution in [2.24, 2.45) is 0 Å². The first-order valence-corrected chi connectivity index (χ1v) is 6.33. The molecule has 19 heavy (non-hydrogen) atoms. The fourth-order valence-electron chi connectivity index (χ4n) is 1.97. The van der Waals surface area contributed by atoms with Crippen LogP contribution in [0.2, 0.25) is 0 Å². The van der Waals surface area contributed by atoms with Gasteiger partial charge in [-0.2, -0.15) is 17.2 Å². The van der Waals surface area contributed by atoms with Crippen LogP contribution in [0.3, 0.4) is 0 Å². The molecule has 0 spiro atoms. The molecule has 0 atom stereocenters. The molecule has 98 valence electrons. The van der Waals surface area contributed by atoms with Crippen LogP contribution in [0, 0.1) is 6.42 Å². The topological polar surface area (TPSA) is 27.7 Å². The predicted octanol–water partition coefficient (Wildman–Crippen LogP) is -1.79. The molecule has 1 aromatic rings. The Labute approximate surface area is 126 Å². The van der Waals surface area contributed by atoms with Crippen molar-refractivity contribution in [1.29, 1.82) is 0 Å². The smallest absolute Gasteiger partial charge is 0.501 e. The molecule has 0 aromatic heterocycles. The van der Waals surface area contributed by atoms with Crippen molar-refractivity contribution in [2.75, 3.05) is 19.8 Å². The van der Waals surface area contributed by atoms with Gasteiger partial charge in [-0.25, -0.2) is 0 Å².